The Hall–Kier alpha value is -0.620. The molecule has 2 heterocycles. The lowest BCUT2D eigenvalue weighted by molar-refractivity contribution is -0.0146. The zero-order valence-electron chi connectivity index (χ0n) is 12.5. The van der Waals surface area contributed by atoms with Gasteiger partial charge in [0.25, 0.3) is 0 Å². The normalized spacial score (nSPS) is 24.2. The number of hydrogen-bond donors (Lipinski definition) is 1. The Bertz CT molecular complexity index is 430. The van der Waals surface area contributed by atoms with Crippen molar-refractivity contribution in [3.05, 3.63) is 16.9 Å². The van der Waals surface area contributed by atoms with E-state index in [9.17, 15) is 0 Å². The summed E-state index contributed by atoms with van der Waals surface area (Å²) in [6.07, 6.45) is 3.81. The van der Waals surface area contributed by atoms with Crippen LogP contribution in [0.2, 0.25) is 5.02 Å². The second-order valence-electron chi connectivity index (χ2n) is 5.35. The van der Waals surface area contributed by atoms with Crippen LogP contribution in [0.4, 0.5) is 0 Å². The number of rotatable bonds is 7. The number of likely N-dealkylation sites (N-methyl/N-ethyl adjacent to an activating group) is 1. The monoisotopic (exact) mass is 301 g/mol. The Kier molecular flexibility index (Phi) is 5.43. The van der Waals surface area contributed by atoms with Gasteiger partial charge in [-0.1, -0.05) is 18.5 Å². The van der Waals surface area contributed by atoms with Crippen LogP contribution in [-0.4, -0.2) is 42.2 Å². The van der Waals surface area contributed by atoms with Crippen molar-refractivity contribution in [2.45, 2.75) is 44.9 Å². The molecule has 2 rings (SSSR count). The van der Waals surface area contributed by atoms with Crippen molar-refractivity contribution in [3.63, 3.8) is 0 Å². The first-order chi connectivity index (χ1) is 9.62. The van der Waals surface area contributed by atoms with Crippen molar-refractivity contribution >= 4 is 11.6 Å². The Morgan fingerprint density at radius 1 is 1.65 bits per heavy atom. The highest BCUT2D eigenvalue weighted by Crippen LogP contribution is 2.39. The van der Waals surface area contributed by atoms with Crippen molar-refractivity contribution in [2.75, 3.05) is 26.9 Å². The Morgan fingerprint density at radius 2 is 2.45 bits per heavy atom. The van der Waals surface area contributed by atoms with Crippen LogP contribution >= 0.6 is 11.6 Å². The molecule has 0 spiro atoms. The molecular weight excluding hydrogens is 278 g/mol. The third kappa shape index (κ3) is 3.17. The molecular formula is C14H24ClN3O2. The van der Waals surface area contributed by atoms with E-state index in [0.717, 1.165) is 31.7 Å². The molecule has 0 aromatic carbocycles. The molecule has 1 aromatic rings. The van der Waals surface area contributed by atoms with E-state index in [-0.39, 0.29) is 11.6 Å². The second-order valence-corrected chi connectivity index (χ2v) is 5.76. The van der Waals surface area contributed by atoms with Crippen molar-refractivity contribution in [1.82, 2.24) is 15.1 Å². The average Bonchev–Trinajstić information content (AvgIpc) is 3.02. The Labute approximate surface area is 125 Å². The number of nitrogens with one attached hydrogen (secondary N) is 1. The summed E-state index contributed by atoms with van der Waals surface area (Å²) in [5.41, 5.74) is 0.764. The van der Waals surface area contributed by atoms with Crippen LogP contribution in [0, 0.1) is 0 Å². The Balaban J connectivity index is 2.30. The van der Waals surface area contributed by atoms with E-state index in [4.69, 9.17) is 21.1 Å². The minimum atomic E-state index is -0.232. The SMILES string of the molecule is CCNC(c1c(Cl)cnn1CCOC)C1(C)CCCO1. The zero-order chi connectivity index (χ0) is 14.6. The fraction of sp³-hybridized carbons (Fsp3) is 0.786. The zero-order valence-corrected chi connectivity index (χ0v) is 13.2. The van der Waals surface area contributed by atoms with Crippen LogP contribution in [0.25, 0.3) is 0 Å². The third-order valence-corrected chi connectivity index (χ3v) is 4.17. The third-order valence-electron chi connectivity index (χ3n) is 3.88. The Morgan fingerprint density at radius 3 is 3.05 bits per heavy atom. The predicted octanol–water partition coefficient (Wildman–Crippen LogP) is 2.40. The van der Waals surface area contributed by atoms with E-state index in [1.54, 1.807) is 13.3 Å². The van der Waals surface area contributed by atoms with Crippen molar-refractivity contribution in [1.29, 1.82) is 0 Å². The summed E-state index contributed by atoms with van der Waals surface area (Å²) in [4.78, 5) is 0. The molecule has 1 aromatic heterocycles. The number of halogens is 1. The van der Waals surface area contributed by atoms with Crippen molar-refractivity contribution in [3.8, 4) is 0 Å². The second kappa shape index (κ2) is 6.89. The van der Waals surface area contributed by atoms with Gasteiger partial charge >= 0.3 is 0 Å². The van der Waals surface area contributed by atoms with Crippen LogP contribution in [0.15, 0.2) is 6.20 Å². The number of hydrogen-bond acceptors (Lipinski definition) is 4. The quantitative estimate of drug-likeness (QED) is 0.840. The molecule has 2 atom stereocenters. The molecule has 1 fully saturated rings. The number of ether oxygens (including phenoxy) is 2. The van der Waals surface area contributed by atoms with E-state index in [1.165, 1.54) is 0 Å². The molecule has 0 aliphatic carbocycles. The topological polar surface area (TPSA) is 48.3 Å². The molecule has 5 nitrogen and oxygen atoms in total. The highest BCUT2D eigenvalue weighted by Gasteiger charge is 2.41. The molecule has 6 heteroatoms. The molecule has 0 bridgehead atoms. The smallest absolute Gasteiger partial charge is 0.0865 e. The first-order valence-electron chi connectivity index (χ1n) is 7.20. The van der Waals surface area contributed by atoms with E-state index in [1.807, 2.05) is 4.68 Å². The number of aromatic nitrogens is 2. The number of methoxy groups -OCH3 is 1. The highest BCUT2D eigenvalue weighted by atomic mass is 35.5. The van der Waals surface area contributed by atoms with Crippen LogP contribution in [0.1, 0.15) is 38.4 Å². The van der Waals surface area contributed by atoms with E-state index >= 15 is 0 Å². The first-order valence-corrected chi connectivity index (χ1v) is 7.57. The summed E-state index contributed by atoms with van der Waals surface area (Å²) in [7, 11) is 1.69. The van der Waals surface area contributed by atoms with Gasteiger partial charge in [0.15, 0.2) is 0 Å². The largest absolute Gasteiger partial charge is 0.383 e. The van der Waals surface area contributed by atoms with Gasteiger partial charge in [-0.05, 0) is 26.3 Å². The summed E-state index contributed by atoms with van der Waals surface area (Å²) in [6.45, 7) is 7.21. The summed E-state index contributed by atoms with van der Waals surface area (Å²) < 4.78 is 13.1. The molecule has 0 amide bonds. The lowest BCUT2D eigenvalue weighted by Crippen LogP contribution is -2.42. The van der Waals surface area contributed by atoms with Gasteiger partial charge in [-0.25, -0.2) is 0 Å². The fourth-order valence-electron chi connectivity index (χ4n) is 2.85. The van der Waals surface area contributed by atoms with Gasteiger partial charge < -0.3 is 14.8 Å². The number of nitrogens with zero attached hydrogens (tertiary/aromatic N) is 2. The van der Waals surface area contributed by atoms with Crippen LogP contribution < -0.4 is 5.32 Å². The van der Waals surface area contributed by atoms with Gasteiger partial charge in [0.05, 0.1) is 41.7 Å². The van der Waals surface area contributed by atoms with E-state index in [0.29, 0.717) is 18.2 Å². The molecule has 1 aliphatic heterocycles. The van der Waals surface area contributed by atoms with Crippen molar-refractivity contribution < 1.29 is 9.47 Å². The molecule has 0 saturated carbocycles. The van der Waals surface area contributed by atoms with Crippen LogP contribution in [0.5, 0.6) is 0 Å². The molecule has 1 aliphatic rings. The summed E-state index contributed by atoms with van der Waals surface area (Å²) in [6, 6.07) is 0.0434. The molecule has 20 heavy (non-hydrogen) atoms. The summed E-state index contributed by atoms with van der Waals surface area (Å²) in [5.74, 6) is 0. The average molecular weight is 302 g/mol. The fourth-order valence-corrected chi connectivity index (χ4v) is 3.10. The molecule has 2 unspecified atom stereocenters. The van der Waals surface area contributed by atoms with Gasteiger partial charge in [0.2, 0.25) is 0 Å². The maximum atomic E-state index is 6.38. The summed E-state index contributed by atoms with van der Waals surface area (Å²) in [5, 5.41) is 8.57. The van der Waals surface area contributed by atoms with Gasteiger partial charge in [0.1, 0.15) is 0 Å². The molecule has 0 radical (unpaired) electrons. The van der Waals surface area contributed by atoms with Crippen LogP contribution in [-0.2, 0) is 16.0 Å². The van der Waals surface area contributed by atoms with Crippen LogP contribution in [0.3, 0.4) is 0 Å². The van der Waals surface area contributed by atoms with E-state index in [2.05, 4.69) is 24.3 Å². The maximum Gasteiger partial charge on any atom is 0.0865 e. The standard InChI is InChI=1S/C14H24ClN3O2/c1-4-16-13(14(2)6-5-8-20-14)12-11(15)10-17-18(12)7-9-19-3/h10,13,16H,4-9H2,1-3H3. The molecule has 1 saturated heterocycles. The van der Waals surface area contributed by atoms with E-state index < -0.39 is 0 Å². The van der Waals surface area contributed by atoms with Gasteiger partial charge in [-0.2, -0.15) is 5.10 Å². The lowest BCUT2D eigenvalue weighted by Gasteiger charge is -2.34. The first kappa shape index (κ1) is 15.8. The maximum absolute atomic E-state index is 6.38. The predicted molar refractivity (Wildman–Crippen MR) is 79.1 cm³/mol. The summed E-state index contributed by atoms with van der Waals surface area (Å²) >= 11 is 6.38. The van der Waals surface area contributed by atoms with Gasteiger partial charge in [-0.3, -0.25) is 4.68 Å². The highest BCUT2D eigenvalue weighted by molar-refractivity contribution is 6.31. The van der Waals surface area contributed by atoms with Crippen molar-refractivity contribution in [2.24, 2.45) is 0 Å². The molecule has 1 N–H and O–H groups in total. The minimum Gasteiger partial charge on any atom is -0.383 e. The minimum absolute atomic E-state index is 0.0434. The van der Waals surface area contributed by atoms with Gasteiger partial charge in [-0.15, -0.1) is 0 Å². The van der Waals surface area contributed by atoms with Gasteiger partial charge in [0, 0.05) is 13.7 Å². The lowest BCUT2D eigenvalue weighted by atomic mass is 9.90. The molecule has 114 valence electrons.